The quantitative estimate of drug-likeness (QED) is 0.306. The molecule has 1 aromatic carbocycles. The van der Waals surface area contributed by atoms with E-state index in [9.17, 15) is 4.79 Å². The maximum atomic E-state index is 12.4. The molecule has 0 saturated heterocycles. The number of nitrogens with zero attached hydrogens (tertiary/aromatic N) is 2. The van der Waals surface area contributed by atoms with Gasteiger partial charge in [-0.1, -0.05) is 12.1 Å². The molecule has 28 heavy (non-hydrogen) atoms. The Labute approximate surface area is 169 Å². The molecule has 0 aliphatic heterocycles. The number of ether oxygens (including phenoxy) is 2. The van der Waals surface area contributed by atoms with E-state index in [4.69, 9.17) is 9.47 Å². The number of hydrogen-bond acceptors (Lipinski definition) is 4. The minimum absolute atomic E-state index is 0.0720. The van der Waals surface area contributed by atoms with Crippen molar-refractivity contribution in [3.05, 3.63) is 35.4 Å². The zero-order valence-corrected chi connectivity index (χ0v) is 17.8. The third kappa shape index (κ3) is 9.19. The first-order valence-corrected chi connectivity index (χ1v) is 10.1. The molecule has 0 unspecified atom stereocenters. The minimum atomic E-state index is 0.0720. The largest absolute Gasteiger partial charge is 0.382 e. The van der Waals surface area contributed by atoms with Crippen LogP contribution >= 0.6 is 0 Å². The number of carbonyl (C=O) groups excluding carboxylic acids is 1. The lowest BCUT2D eigenvalue weighted by atomic mass is 10.1. The second kappa shape index (κ2) is 14.9. The van der Waals surface area contributed by atoms with Gasteiger partial charge in [0.05, 0.1) is 19.8 Å². The number of hydrogen-bond donors (Lipinski definition) is 2. The molecule has 0 aliphatic rings. The van der Waals surface area contributed by atoms with E-state index in [1.807, 2.05) is 49.9 Å². The van der Waals surface area contributed by atoms with E-state index >= 15 is 0 Å². The third-order valence-corrected chi connectivity index (χ3v) is 4.21. The van der Waals surface area contributed by atoms with Gasteiger partial charge in [-0.2, -0.15) is 0 Å². The van der Waals surface area contributed by atoms with Gasteiger partial charge in [0.15, 0.2) is 5.96 Å². The van der Waals surface area contributed by atoms with Gasteiger partial charge in [-0.3, -0.25) is 4.79 Å². The number of benzene rings is 1. The molecule has 0 aliphatic carbocycles. The second-order valence-electron chi connectivity index (χ2n) is 6.26. The first-order valence-electron chi connectivity index (χ1n) is 10.1. The zero-order valence-electron chi connectivity index (χ0n) is 17.8. The van der Waals surface area contributed by atoms with E-state index in [1.54, 1.807) is 7.11 Å². The Morgan fingerprint density at radius 3 is 2.36 bits per heavy atom. The van der Waals surface area contributed by atoms with Crippen LogP contribution in [0.3, 0.4) is 0 Å². The van der Waals surface area contributed by atoms with Crippen LogP contribution in [0.1, 0.15) is 43.1 Å². The number of rotatable bonds is 13. The summed E-state index contributed by atoms with van der Waals surface area (Å²) in [5.41, 5.74) is 1.78. The summed E-state index contributed by atoms with van der Waals surface area (Å²) in [5.74, 6) is 0.852. The molecule has 0 heterocycles. The molecule has 2 N–H and O–H groups in total. The van der Waals surface area contributed by atoms with Gasteiger partial charge in [0.25, 0.3) is 5.91 Å². The van der Waals surface area contributed by atoms with Gasteiger partial charge in [-0.05, 0) is 44.9 Å². The third-order valence-electron chi connectivity index (χ3n) is 4.21. The van der Waals surface area contributed by atoms with Crippen LogP contribution < -0.4 is 10.6 Å². The average molecular weight is 393 g/mol. The Hall–Kier alpha value is -2.12. The lowest BCUT2D eigenvalue weighted by Crippen LogP contribution is -2.38. The number of carbonyl (C=O) groups is 1. The van der Waals surface area contributed by atoms with Gasteiger partial charge in [0.1, 0.15) is 0 Å². The van der Waals surface area contributed by atoms with E-state index < -0.39 is 0 Å². The van der Waals surface area contributed by atoms with E-state index in [2.05, 4.69) is 15.6 Å². The molecule has 0 aromatic heterocycles. The second-order valence-corrected chi connectivity index (χ2v) is 6.26. The number of nitrogens with one attached hydrogen (secondary N) is 2. The molecule has 1 aromatic rings. The van der Waals surface area contributed by atoms with Crippen molar-refractivity contribution in [1.82, 2.24) is 15.5 Å². The van der Waals surface area contributed by atoms with Crippen LogP contribution in [0.25, 0.3) is 0 Å². The highest BCUT2D eigenvalue weighted by Crippen LogP contribution is 2.09. The maximum Gasteiger partial charge on any atom is 0.253 e. The van der Waals surface area contributed by atoms with Crippen LogP contribution in [0.5, 0.6) is 0 Å². The van der Waals surface area contributed by atoms with Crippen LogP contribution in [0, 0.1) is 0 Å². The SMILES string of the molecule is CCNC(=NCc1ccc(C(=O)N(CC)CC)cc1)NCCCOCCOC. The predicted molar refractivity (Wildman–Crippen MR) is 114 cm³/mol. The summed E-state index contributed by atoms with van der Waals surface area (Å²) in [6, 6.07) is 7.69. The average Bonchev–Trinajstić information content (AvgIpc) is 2.72. The molecule has 1 amide bonds. The normalized spacial score (nSPS) is 11.4. The fourth-order valence-electron chi connectivity index (χ4n) is 2.58. The van der Waals surface area contributed by atoms with Gasteiger partial charge in [0.2, 0.25) is 0 Å². The Balaban J connectivity index is 2.49. The standard InChI is InChI=1S/C21H36N4O3/c1-5-22-21(23-13-8-14-28-16-15-27-4)24-17-18-9-11-19(12-10-18)20(26)25(6-2)7-3/h9-12H,5-8,13-17H2,1-4H3,(H2,22,23,24). The van der Waals surface area contributed by atoms with Crippen LogP contribution in [0.4, 0.5) is 0 Å². The van der Waals surface area contributed by atoms with Crippen molar-refractivity contribution in [1.29, 1.82) is 0 Å². The highest BCUT2D eigenvalue weighted by Gasteiger charge is 2.11. The molecule has 0 saturated carbocycles. The first-order chi connectivity index (χ1) is 13.7. The summed E-state index contributed by atoms with van der Waals surface area (Å²) >= 11 is 0. The van der Waals surface area contributed by atoms with Crippen LogP contribution in [0.15, 0.2) is 29.3 Å². The lowest BCUT2D eigenvalue weighted by molar-refractivity contribution is 0.0698. The fourth-order valence-corrected chi connectivity index (χ4v) is 2.58. The monoisotopic (exact) mass is 392 g/mol. The summed E-state index contributed by atoms with van der Waals surface area (Å²) in [6.07, 6.45) is 0.899. The Bertz CT molecular complexity index is 572. The van der Waals surface area contributed by atoms with E-state index in [0.29, 0.717) is 26.4 Å². The van der Waals surface area contributed by atoms with E-state index in [0.717, 1.165) is 49.7 Å². The number of guanidine groups is 1. The first kappa shape index (κ1) is 23.9. The Morgan fingerprint density at radius 1 is 1.04 bits per heavy atom. The van der Waals surface area contributed by atoms with Gasteiger partial charge >= 0.3 is 0 Å². The number of methoxy groups -OCH3 is 1. The Kier molecular flexibility index (Phi) is 12.7. The molecular weight excluding hydrogens is 356 g/mol. The van der Waals surface area contributed by atoms with E-state index in [-0.39, 0.29) is 5.91 Å². The molecule has 0 fully saturated rings. The van der Waals surface area contributed by atoms with Crippen molar-refractivity contribution >= 4 is 11.9 Å². The fraction of sp³-hybridized carbons (Fsp3) is 0.619. The van der Waals surface area contributed by atoms with Gasteiger partial charge in [0, 0.05) is 45.5 Å². The summed E-state index contributed by atoms with van der Waals surface area (Å²) < 4.78 is 10.4. The molecule has 0 spiro atoms. The van der Waals surface area contributed by atoms with Crippen LogP contribution in [-0.4, -0.2) is 69.9 Å². The van der Waals surface area contributed by atoms with Crippen molar-refractivity contribution in [3.63, 3.8) is 0 Å². The van der Waals surface area contributed by atoms with Crippen molar-refractivity contribution in [2.24, 2.45) is 4.99 Å². The van der Waals surface area contributed by atoms with Gasteiger partial charge in [-0.15, -0.1) is 0 Å². The van der Waals surface area contributed by atoms with Gasteiger partial charge < -0.3 is 25.0 Å². The smallest absolute Gasteiger partial charge is 0.253 e. The van der Waals surface area contributed by atoms with Crippen LogP contribution in [-0.2, 0) is 16.0 Å². The Morgan fingerprint density at radius 2 is 1.75 bits per heavy atom. The number of amides is 1. The summed E-state index contributed by atoms with van der Waals surface area (Å²) in [5, 5.41) is 6.55. The molecule has 7 heteroatoms. The highest BCUT2D eigenvalue weighted by atomic mass is 16.5. The molecular formula is C21H36N4O3. The predicted octanol–water partition coefficient (Wildman–Crippen LogP) is 2.28. The molecule has 0 bridgehead atoms. The summed E-state index contributed by atoms with van der Waals surface area (Å²) in [6.45, 7) is 11.5. The number of aliphatic imine (C=N–C) groups is 1. The highest BCUT2D eigenvalue weighted by molar-refractivity contribution is 5.94. The van der Waals surface area contributed by atoms with Crippen molar-refractivity contribution in [2.75, 3.05) is 53.1 Å². The topological polar surface area (TPSA) is 75.2 Å². The molecule has 0 radical (unpaired) electrons. The van der Waals surface area contributed by atoms with E-state index in [1.165, 1.54) is 0 Å². The zero-order chi connectivity index (χ0) is 20.6. The van der Waals surface area contributed by atoms with Crippen LogP contribution in [0.2, 0.25) is 0 Å². The summed E-state index contributed by atoms with van der Waals surface area (Å²) in [4.78, 5) is 18.8. The van der Waals surface area contributed by atoms with Gasteiger partial charge in [-0.25, -0.2) is 4.99 Å². The molecule has 7 nitrogen and oxygen atoms in total. The molecule has 1 rings (SSSR count). The van der Waals surface area contributed by atoms with Crippen molar-refractivity contribution in [3.8, 4) is 0 Å². The van der Waals surface area contributed by atoms with Crippen molar-refractivity contribution < 1.29 is 14.3 Å². The summed E-state index contributed by atoms with van der Waals surface area (Å²) in [7, 11) is 1.67. The minimum Gasteiger partial charge on any atom is -0.382 e. The molecule has 0 atom stereocenters. The van der Waals surface area contributed by atoms with Crippen molar-refractivity contribution in [2.45, 2.75) is 33.7 Å². The molecule has 158 valence electrons. The lowest BCUT2D eigenvalue weighted by Gasteiger charge is -2.18. The maximum absolute atomic E-state index is 12.4.